The van der Waals surface area contributed by atoms with Crippen molar-refractivity contribution in [1.82, 2.24) is 0 Å². The standard InChI is InChI=1S/C10H7N2/c1-2-7-10-9(5-1)6-3-4-8-11-12-10/h1-7H/b4-3?,6-3-,8-4?,9-6?,11-8?,12-10?,12-11-. The van der Waals surface area contributed by atoms with Crippen LogP contribution in [0.4, 0.5) is 5.69 Å². The lowest BCUT2D eigenvalue weighted by atomic mass is 10.1. The van der Waals surface area contributed by atoms with E-state index in [4.69, 9.17) is 0 Å². The van der Waals surface area contributed by atoms with Gasteiger partial charge in [-0.1, -0.05) is 30.4 Å². The molecule has 0 fully saturated rings. The molecule has 0 saturated heterocycles. The van der Waals surface area contributed by atoms with Gasteiger partial charge >= 0.3 is 0 Å². The highest BCUT2D eigenvalue weighted by molar-refractivity contribution is 5.64. The van der Waals surface area contributed by atoms with Crippen LogP contribution < -0.4 is 0 Å². The molecule has 0 amide bonds. The molecule has 0 aromatic heterocycles. The lowest BCUT2D eigenvalue weighted by Gasteiger charge is -1.97. The minimum Gasteiger partial charge on any atom is -0.150 e. The first-order chi connectivity index (χ1) is 5.97. The van der Waals surface area contributed by atoms with Gasteiger partial charge in [-0.2, -0.15) is 0 Å². The summed E-state index contributed by atoms with van der Waals surface area (Å²) in [5.74, 6) is 0. The smallest absolute Gasteiger partial charge is 0.113 e. The molecule has 0 bridgehead atoms. The highest BCUT2D eigenvalue weighted by Crippen LogP contribution is 2.21. The van der Waals surface area contributed by atoms with Crippen molar-refractivity contribution >= 4 is 11.8 Å². The molecule has 0 N–H and O–H groups in total. The van der Waals surface area contributed by atoms with Gasteiger partial charge in [0.05, 0.1) is 5.69 Å². The van der Waals surface area contributed by atoms with Gasteiger partial charge in [-0.25, -0.2) is 0 Å². The molecular formula is C10H7N2. The van der Waals surface area contributed by atoms with Crippen LogP contribution >= 0.6 is 0 Å². The van der Waals surface area contributed by atoms with Gasteiger partial charge in [0.2, 0.25) is 0 Å². The number of fused-ring (bicyclic) bond motifs is 1. The minimum absolute atomic E-state index is 0.884. The van der Waals surface area contributed by atoms with Crippen molar-refractivity contribution in [2.75, 3.05) is 0 Å². The maximum atomic E-state index is 3.98. The van der Waals surface area contributed by atoms with E-state index in [9.17, 15) is 0 Å². The fraction of sp³-hybridized carbons (Fsp3) is 0. The topological polar surface area (TPSA) is 24.7 Å². The van der Waals surface area contributed by atoms with E-state index >= 15 is 0 Å². The summed E-state index contributed by atoms with van der Waals surface area (Å²) in [5, 5.41) is 7.72. The number of allylic oxidation sites excluding steroid dienone is 2. The molecule has 2 nitrogen and oxygen atoms in total. The van der Waals surface area contributed by atoms with Gasteiger partial charge in [0, 0.05) is 5.56 Å². The Hall–Kier alpha value is -1.70. The average molecular weight is 155 g/mol. The maximum Gasteiger partial charge on any atom is 0.113 e. The zero-order valence-corrected chi connectivity index (χ0v) is 6.44. The highest BCUT2D eigenvalue weighted by Gasteiger charge is 1.95. The van der Waals surface area contributed by atoms with Gasteiger partial charge in [-0.15, -0.1) is 10.2 Å². The molecule has 1 aliphatic heterocycles. The number of nitrogens with zero attached hydrogens (tertiary/aromatic N) is 2. The fourth-order valence-corrected chi connectivity index (χ4v) is 1.03. The first kappa shape index (κ1) is 6.98. The normalized spacial score (nSPS) is 21.7. The molecule has 1 aromatic carbocycles. The fourth-order valence-electron chi connectivity index (χ4n) is 1.03. The Labute approximate surface area is 71.0 Å². The van der Waals surface area contributed by atoms with Gasteiger partial charge in [0.25, 0.3) is 0 Å². The van der Waals surface area contributed by atoms with Crippen molar-refractivity contribution in [2.45, 2.75) is 0 Å². The van der Waals surface area contributed by atoms with Crippen LogP contribution in [0.15, 0.2) is 46.6 Å². The second-order valence-electron chi connectivity index (χ2n) is 2.41. The Kier molecular flexibility index (Phi) is 1.82. The Bertz CT molecular complexity index is 327. The molecule has 1 radical (unpaired) electrons. The van der Waals surface area contributed by atoms with Crippen LogP contribution in [0.2, 0.25) is 0 Å². The predicted molar refractivity (Wildman–Crippen MR) is 47.8 cm³/mol. The van der Waals surface area contributed by atoms with Crippen LogP contribution in [-0.2, 0) is 0 Å². The number of azo groups is 1. The van der Waals surface area contributed by atoms with E-state index in [1.165, 1.54) is 0 Å². The van der Waals surface area contributed by atoms with E-state index < -0.39 is 0 Å². The Morgan fingerprint density at radius 2 is 2.08 bits per heavy atom. The first-order valence-corrected chi connectivity index (χ1v) is 3.72. The number of rotatable bonds is 0. The molecule has 0 saturated carbocycles. The number of hydrogen-bond acceptors (Lipinski definition) is 2. The summed E-state index contributed by atoms with van der Waals surface area (Å²) < 4.78 is 0. The summed E-state index contributed by atoms with van der Waals surface area (Å²) in [4.78, 5) is 0. The highest BCUT2D eigenvalue weighted by atomic mass is 15.1. The van der Waals surface area contributed by atoms with Crippen LogP contribution in [-0.4, -0.2) is 0 Å². The SMILES string of the molecule is [C]1=C\C=C/c2ccccc2\N=N/1. The Balaban J connectivity index is 2.54. The second kappa shape index (κ2) is 3.13. The van der Waals surface area contributed by atoms with Crippen molar-refractivity contribution in [2.24, 2.45) is 10.2 Å². The second-order valence-corrected chi connectivity index (χ2v) is 2.41. The third-order valence-electron chi connectivity index (χ3n) is 1.60. The van der Waals surface area contributed by atoms with Crippen LogP contribution in [0, 0.1) is 6.20 Å². The van der Waals surface area contributed by atoms with Crippen LogP contribution in [0.5, 0.6) is 0 Å². The Morgan fingerprint density at radius 3 is 3.08 bits per heavy atom. The van der Waals surface area contributed by atoms with E-state index in [1.54, 1.807) is 6.08 Å². The van der Waals surface area contributed by atoms with Crippen molar-refractivity contribution < 1.29 is 0 Å². The monoisotopic (exact) mass is 155 g/mol. The van der Waals surface area contributed by atoms with E-state index in [-0.39, 0.29) is 0 Å². The summed E-state index contributed by atoms with van der Waals surface area (Å²) in [5.41, 5.74) is 1.97. The zero-order valence-electron chi connectivity index (χ0n) is 6.44. The van der Waals surface area contributed by atoms with Crippen LogP contribution in [0.1, 0.15) is 5.56 Å². The lowest BCUT2D eigenvalue weighted by molar-refractivity contribution is 1.19. The maximum absolute atomic E-state index is 3.98. The van der Waals surface area contributed by atoms with Gasteiger partial charge in [-0.05, 0) is 12.1 Å². The summed E-state index contributed by atoms with van der Waals surface area (Å²) in [6, 6.07) is 7.85. The predicted octanol–water partition coefficient (Wildman–Crippen LogP) is 3.11. The molecule has 1 aliphatic rings. The summed E-state index contributed by atoms with van der Waals surface area (Å²) in [6.07, 6.45) is 8.30. The molecule has 12 heavy (non-hydrogen) atoms. The van der Waals surface area contributed by atoms with Crippen LogP contribution in [0.3, 0.4) is 0 Å². The lowest BCUT2D eigenvalue weighted by Crippen LogP contribution is -1.73. The average Bonchev–Trinajstić information content (AvgIpc) is 2.06. The quantitative estimate of drug-likeness (QED) is 0.550. The zero-order chi connectivity index (χ0) is 8.23. The van der Waals surface area contributed by atoms with Crippen LogP contribution in [0.25, 0.3) is 6.08 Å². The summed E-state index contributed by atoms with van der Waals surface area (Å²) in [6.45, 7) is 0. The molecule has 0 aliphatic carbocycles. The molecule has 0 atom stereocenters. The largest absolute Gasteiger partial charge is 0.150 e. The molecule has 1 heterocycles. The Morgan fingerprint density at radius 1 is 1.17 bits per heavy atom. The number of benzene rings is 1. The molecule has 2 rings (SSSR count). The van der Waals surface area contributed by atoms with Crippen molar-refractivity contribution in [1.29, 1.82) is 0 Å². The van der Waals surface area contributed by atoms with Crippen molar-refractivity contribution in [3.63, 3.8) is 0 Å². The summed E-state index contributed by atoms with van der Waals surface area (Å²) >= 11 is 0. The minimum atomic E-state index is 0.884. The van der Waals surface area contributed by atoms with E-state index in [2.05, 4.69) is 16.4 Å². The first-order valence-electron chi connectivity index (χ1n) is 3.72. The van der Waals surface area contributed by atoms with E-state index in [0.29, 0.717) is 0 Å². The molecular weight excluding hydrogens is 148 g/mol. The molecule has 1 aromatic rings. The van der Waals surface area contributed by atoms with Gasteiger partial charge in [0.1, 0.15) is 6.20 Å². The third-order valence-corrected chi connectivity index (χ3v) is 1.60. The van der Waals surface area contributed by atoms with Gasteiger partial charge in [0.15, 0.2) is 0 Å². The summed E-state index contributed by atoms with van der Waals surface area (Å²) in [7, 11) is 0. The molecule has 57 valence electrons. The molecule has 0 unspecified atom stereocenters. The third kappa shape index (κ3) is 1.32. The van der Waals surface area contributed by atoms with Gasteiger partial charge in [-0.3, -0.25) is 0 Å². The van der Waals surface area contributed by atoms with Crippen molar-refractivity contribution in [3.8, 4) is 0 Å². The molecule has 2 heteroatoms. The van der Waals surface area contributed by atoms with Gasteiger partial charge < -0.3 is 0 Å². The van der Waals surface area contributed by atoms with E-state index in [0.717, 1.165) is 11.3 Å². The molecule has 0 spiro atoms. The number of hydrogen-bond donors (Lipinski definition) is 0. The van der Waals surface area contributed by atoms with E-state index in [1.807, 2.05) is 36.4 Å². The van der Waals surface area contributed by atoms with Crippen molar-refractivity contribution in [3.05, 3.63) is 48.2 Å².